The maximum atomic E-state index is 12.8. The van der Waals surface area contributed by atoms with E-state index in [4.69, 9.17) is 9.84 Å². The van der Waals surface area contributed by atoms with Gasteiger partial charge in [0.15, 0.2) is 11.6 Å². The van der Waals surface area contributed by atoms with Crippen LogP contribution in [0.15, 0.2) is 97.1 Å². The molecule has 170 valence electrons. The van der Waals surface area contributed by atoms with Crippen LogP contribution in [-0.2, 0) is 5.41 Å². The van der Waals surface area contributed by atoms with Crippen LogP contribution >= 0.6 is 0 Å². The number of rotatable bonds is 6. The lowest BCUT2D eigenvalue weighted by atomic mass is 9.86. The highest BCUT2D eigenvalue weighted by atomic mass is 16.5. The van der Waals surface area contributed by atoms with E-state index in [0.29, 0.717) is 39.5 Å². The van der Waals surface area contributed by atoms with Gasteiger partial charge in [-0.2, -0.15) is 0 Å². The third-order valence-corrected chi connectivity index (χ3v) is 5.63. The zero-order valence-electron chi connectivity index (χ0n) is 19.5. The van der Waals surface area contributed by atoms with Crippen LogP contribution in [0.3, 0.4) is 0 Å². The van der Waals surface area contributed by atoms with Gasteiger partial charge < -0.3 is 9.84 Å². The van der Waals surface area contributed by atoms with Crippen LogP contribution in [-0.4, -0.2) is 16.7 Å². The minimum absolute atomic E-state index is 0.0340. The fraction of sp³-hybridized carbons (Fsp3) is 0.133. The highest BCUT2D eigenvalue weighted by Crippen LogP contribution is 2.25. The van der Waals surface area contributed by atoms with Crippen LogP contribution in [0.4, 0.5) is 0 Å². The molecule has 0 saturated heterocycles. The maximum Gasteiger partial charge on any atom is 0.253 e. The van der Waals surface area contributed by atoms with Crippen molar-refractivity contribution in [1.82, 2.24) is 0 Å². The Bertz CT molecular complexity index is 1290. The van der Waals surface area contributed by atoms with Gasteiger partial charge in [0.2, 0.25) is 0 Å². The Morgan fingerprint density at radius 2 is 0.882 bits per heavy atom. The van der Waals surface area contributed by atoms with Crippen molar-refractivity contribution in [3.8, 4) is 17.2 Å². The van der Waals surface area contributed by atoms with E-state index in [1.807, 2.05) is 24.3 Å². The van der Waals surface area contributed by atoms with Gasteiger partial charge in [-0.05, 0) is 71.6 Å². The largest absolute Gasteiger partial charge is 0.593 e. The van der Waals surface area contributed by atoms with Crippen LogP contribution in [0.1, 0.15) is 58.2 Å². The summed E-state index contributed by atoms with van der Waals surface area (Å²) in [5, 5.41) is 7.53. The minimum atomic E-state index is -0.107. The fourth-order valence-electron chi connectivity index (χ4n) is 3.56. The van der Waals surface area contributed by atoms with Crippen molar-refractivity contribution in [1.29, 1.82) is 0 Å². The molecule has 34 heavy (non-hydrogen) atoms. The van der Waals surface area contributed by atoms with Gasteiger partial charge >= 0.3 is 0 Å². The lowest BCUT2D eigenvalue weighted by molar-refractivity contribution is 0.103. The molecule has 0 saturated carbocycles. The third-order valence-electron chi connectivity index (χ3n) is 5.63. The first-order valence-electron chi connectivity index (χ1n) is 11.1. The van der Waals surface area contributed by atoms with Crippen molar-refractivity contribution in [3.63, 3.8) is 0 Å². The average molecular weight is 452 g/mol. The SMILES string of the molecule is CC(C)(C)c1ccc(C(=O)c2ccc(Oc3ccc(C(=O)c4ccc([OH2+])cc4)cc3)cc2)cc1. The van der Waals surface area contributed by atoms with Crippen molar-refractivity contribution >= 4 is 11.6 Å². The van der Waals surface area contributed by atoms with Gasteiger partial charge in [-0.25, -0.2) is 0 Å². The minimum Gasteiger partial charge on any atom is -0.593 e. The average Bonchev–Trinajstić information content (AvgIpc) is 2.84. The van der Waals surface area contributed by atoms with Crippen molar-refractivity contribution in [2.45, 2.75) is 26.2 Å². The van der Waals surface area contributed by atoms with E-state index in [1.165, 1.54) is 5.56 Å². The second-order valence-corrected chi connectivity index (χ2v) is 9.21. The second-order valence-electron chi connectivity index (χ2n) is 9.21. The Morgan fingerprint density at radius 3 is 1.24 bits per heavy atom. The van der Waals surface area contributed by atoms with Crippen LogP contribution in [0.25, 0.3) is 0 Å². The summed E-state index contributed by atoms with van der Waals surface area (Å²) in [6.07, 6.45) is 0. The molecule has 0 aromatic heterocycles. The number of carbonyl (C=O) groups excluding carboxylic acids is 2. The zero-order chi connectivity index (χ0) is 24.3. The Balaban J connectivity index is 1.42. The normalized spacial score (nSPS) is 11.1. The van der Waals surface area contributed by atoms with E-state index in [9.17, 15) is 9.59 Å². The van der Waals surface area contributed by atoms with E-state index in [-0.39, 0.29) is 17.0 Å². The molecule has 0 radical (unpaired) electrons. The summed E-state index contributed by atoms with van der Waals surface area (Å²) < 4.78 is 5.88. The number of hydrogen-bond donors (Lipinski definition) is 0. The number of benzene rings is 4. The topological polar surface area (TPSA) is 66.3 Å². The van der Waals surface area contributed by atoms with Crippen LogP contribution in [0.5, 0.6) is 17.2 Å². The summed E-state index contributed by atoms with van der Waals surface area (Å²) in [6, 6.07) is 28.2. The van der Waals surface area contributed by atoms with Crippen LogP contribution in [0, 0.1) is 0 Å². The number of ether oxygens (including phenoxy) is 1. The van der Waals surface area contributed by atoms with E-state index >= 15 is 0 Å². The molecule has 0 spiro atoms. The number of ketones is 2. The molecule has 0 aliphatic carbocycles. The predicted octanol–water partition coefficient (Wildman–Crippen LogP) is 6.68. The standard InChI is InChI=1S/C30H26O4/c1-30(2,3)24-12-4-20(5-13-24)28(32)22-8-16-26(17-9-22)34-27-18-10-23(11-19-27)29(33)21-6-14-25(31)15-7-21/h4-19,31H,1-3H3/p+1. The Kier molecular flexibility index (Phi) is 6.33. The van der Waals surface area contributed by atoms with Crippen molar-refractivity contribution in [3.05, 3.63) is 125 Å². The molecule has 4 heteroatoms. The summed E-state index contributed by atoms with van der Waals surface area (Å²) in [4.78, 5) is 25.4. The van der Waals surface area contributed by atoms with Gasteiger partial charge in [0, 0.05) is 34.4 Å². The van der Waals surface area contributed by atoms with Gasteiger partial charge in [-0.3, -0.25) is 9.59 Å². The van der Waals surface area contributed by atoms with Crippen molar-refractivity contribution in [2.75, 3.05) is 0 Å². The molecule has 0 amide bonds. The maximum absolute atomic E-state index is 12.8. The van der Waals surface area contributed by atoms with E-state index < -0.39 is 0 Å². The molecule has 0 aliphatic heterocycles. The predicted molar refractivity (Wildman–Crippen MR) is 134 cm³/mol. The molecule has 2 N–H and O–H groups in total. The molecule has 4 nitrogen and oxygen atoms in total. The molecule has 0 unspecified atom stereocenters. The molecule has 4 rings (SSSR count). The monoisotopic (exact) mass is 451 g/mol. The first-order chi connectivity index (χ1) is 16.2. The zero-order valence-corrected chi connectivity index (χ0v) is 19.5. The van der Waals surface area contributed by atoms with Gasteiger partial charge in [-0.15, -0.1) is 0 Å². The van der Waals surface area contributed by atoms with Gasteiger partial charge in [0.05, 0.1) is 0 Å². The Labute approximate surface area is 199 Å². The quantitative estimate of drug-likeness (QED) is 0.243. The molecule has 4 aromatic carbocycles. The molecular formula is C30H27O4+. The number of hydrogen-bond acceptors (Lipinski definition) is 3. The lowest BCUT2D eigenvalue weighted by Crippen LogP contribution is -2.11. The molecule has 0 aliphatic rings. The Hall–Kier alpha value is -4.18. The van der Waals surface area contributed by atoms with Crippen LogP contribution < -0.4 is 4.74 Å². The smallest absolute Gasteiger partial charge is 0.253 e. The van der Waals surface area contributed by atoms with Crippen LogP contribution in [0.2, 0.25) is 0 Å². The molecule has 4 aromatic rings. The molecule has 0 bridgehead atoms. The first-order valence-corrected chi connectivity index (χ1v) is 11.1. The van der Waals surface area contributed by atoms with E-state index in [0.717, 1.165) is 0 Å². The van der Waals surface area contributed by atoms with Gasteiger partial charge in [0.25, 0.3) is 5.75 Å². The lowest BCUT2D eigenvalue weighted by Gasteiger charge is -2.19. The second kappa shape index (κ2) is 9.36. The van der Waals surface area contributed by atoms with E-state index in [1.54, 1.807) is 72.8 Å². The first kappa shape index (κ1) is 23.0. The Morgan fingerprint density at radius 1 is 0.559 bits per heavy atom. The van der Waals surface area contributed by atoms with E-state index in [2.05, 4.69) is 20.8 Å². The van der Waals surface area contributed by atoms with Gasteiger partial charge in [0.1, 0.15) is 11.5 Å². The van der Waals surface area contributed by atoms with Crippen molar-refractivity contribution < 1.29 is 19.4 Å². The van der Waals surface area contributed by atoms with Gasteiger partial charge in [-0.1, -0.05) is 45.0 Å². The highest BCUT2D eigenvalue weighted by Gasteiger charge is 2.15. The molecular weight excluding hydrogens is 424 g/mol. The molecule has 0 fully saturated rings. The summed E-state index contributed by atoms with van der Waals surface area (Å²) in [5.41, 5.74) is 3.56. The number of carbonyl (C=O) groups is 2. The molecule has 0 atom stereocenters. The molecule has 0 heterocycles. The summed E-state index contributed by atoms with van der Waals surface area (Å²) in [7, 11) is 0. The summed E-state index contributed by atoms with van der Waals surface area (Å²) in [6.45, 7) is 6.43. The fourth-order valence-corrected chi connectivity index (χ4v) is 3.56. The highest BCUT2D eigenvalue weighted by molar-refractivity contribution is 6.09. The van der Waals surface area contributed by atoms with Crippen molar-refractivity contribution in [2.24, 2.45) is 0 Å². The third kappa shape index (κ3) is 5.24. The summed E-state index contributed by atoms with van der Waals surface area (Å²) in [5.74, 6) is 1.42. The summed E-state index contributed by atoms with van der Waals surface area (Å²) >= 11 is 0.